The van der Waals surface area contributed by atoms with Gasteiger partial charge in [-0.15, -0.1) is 0 Å². The first kappa shape index (κ1) is 17.1. The number of hydrogen-bond donors (Lipinski definition) is 1. The Hall–Kier alpha value is -2.69. The summed E-state index contributed by atoms with van der Waals surface area (Å²) in [6.07, 6.45) is 1.38. The summed E-state index contributed by atoms with van der Waals surface area (Å²) in [5, 5.41) is 2.98. The van der Waals surface area contributed by atoms with Gasteiger partial charge in [-0.3, -0.25) is 9.59 Å². The van der Waals surface area contributed by atoms with Gasteiger partial charge in [0.1, 0.15) is 11.9 Å². The molecule has 2 aromatic carbocycles. The molecule has 130 valence electrons. The van der Waals surface area contributed by atoms with Crippen LogP contribution >= 0.6 is 0 Å². The quantitative estimate of drug-likeness (QED) is 0.928. The zero-order valence-corrected chi connectivity index (χ0v) is 14.1. The Morgan fingerprint density at radius 2 is 1.92 bits per heavy atom. The lowest BCUT2D eigenvalue weighted by Gasteiger charge is -2.25. The number of nitrogens with one attached hydrogen (secondary N) is 1. The van der Waals surface area contributed by atoms with Crippen LogP contribution in [0.15, 0.2) is 54.6 Å². The smallest absolute Gasteiger partial charge is 0.254 e. The van der Waals surface area contributed by atoms with Gasteiger partial charge in [0.2, 0.25) is 5.91 Å². The van der Waals surface area contributed by atoms with E-state index in [0.717, 1.165) is 12.0 Å². The summed E-state index contributed by atoms with van der Waals surface area (Å²) in [7, 11) is 0. The molecule has 1 aliphatic heterocycles. The molecule has 2 atom stereocenters. The van der Waals surface area contributed by atoms with Crippen LogP contribution in [0.3, 0.4) is 0 Å². The van der Waals surface area contributed by atoms with Crippen LogP contribution in [0, 0.1) is 5.82 Å². The van der Waals surface area contributed by atoms with Crippen molar-refractivity contribution in [3.63, 3.8) is 0 Å². The highest BCUT2D eigenvalue weighted by atomic mass is 19.1. The molecule has 4 nitrogen and oxygen atoms in total. The Morgan fingerprint density at radius 3 is 2.64 bits per heavy atom. The van der Waals surface area contributed by atoms with E-state index in [9.17, 15) is 14.0 Å². The molecule has 5 heteroatoms. The van der Waals surface area contributed by atoms with E-state index in [0.29, 0.717) is 13.0 Å². The molecule has 2 aromatic rings. The van der Waals surface area contributed by atoms with Crippen molar-refractivity contribution in [2.24, 2.45) is 0 Å². The third kappa shape index (κ3) is 3.87. The molecule has 1 aliphatic rings. The third-order valence-corrected chi connectivity index (χ3v) is 4.55. The third-order valence-electron chi connectivity index (χ3n) is 4.55. The fourth-order valence-electron chi connectivity index (χ4n) is 3.20. The predicted molar refractivity (Wildman–Crippen MR) is 93.5 cm³/mol. The number of rotatable bonds is 4. The topological polar surface area (TPSA) is 49.4 Å². The summed E-state index contributed by atoms with van der Waals surface area (Å²) in [4.78, 5) is 26.9. The summed E-state index contributed by atoms with van der Waals surface area (Å²) in [6.45, 7) is 2.42. The van der Waals surface area contributed by atoms with Gasteiger partial charge in [-0.1, -0.05) is 36.4 Å². The molecule has 0 aliphatic carbocycles. The first-order valence-corrected chi connectivity index (χ1v) is 8.48. The minimum absolute atomic E-state index is 0.138. The first-order chi connectivity index (χ1) is 12.1. The van der Waals surface area contributed by atoms with Gasteiger partial charge in [-0.2, -0.15) is 0 Å². The molecular formula is C20H21FN2O2. The molecule has 0 aromatic heterocycles. The summed E-state index contributed by atoms with van der Waals surface area (Å²) in [6, 6.07) is 14.6. The number of amides is 2. The summed E-state index contributed by atoms with van der Waals surface area (Å²) < 4.78 is 13.4. The Balaban J connectivity index is 1.70. The van der Waals surface area contributed by atoms with Gasteiger partial charge in [0.25, 0.3) is 5.91 Å². The summed E-state index contributed by atoms with van der Waals surface area (Å²) in [5.41, 5.74) is 1.28. The molecule has 3 rings (SSSR count). The highest BCUT2D eigenvalue weighted by Crippen LogP contribution is 2.22. The fourth-order valence-corrected chi connectivity index (χ4v) is 3.20. The Labute approximate surface area is 146 Å². The van der Waals surface area contributed by atoms with Crippen LogP contribution in [-0.4, -0.2) is 29.3 Å². The summed E-state index contributed by atoms with van der Waals surface area (Å²) >= 11 is 0. The second-order valence-corrected chi connectivity index (χ2v) is 6.31. The van der Waals surface area contributed by atoms with Crippen molar-refractivity contribution in [3.8, 4) is 0 Å². The number of carbonyl (C=O) groups is 2. The van der Waals surface area contributed by atoms with Gasteiger partial charge in [0, 0.05) is 12.1 Å². The highest BCUT2D eigenvalue weighted by Gasteiger charge is 2.35. The minimum Gasteiger partial charge on any atom is -0.348 e. The normalized spacial score (nSPS) is 18.0. The van der Waals surface area contributed by atoms with E-state index < -0.39 is 11.9 Å². The van der Waals surface area contributed by atoms with Crippen molar-refractivity contribution in [1.29, 1.82) is 0 Å². The molecular weight excluding hydrogens is 319 g/mol. The standard InChI is InChI=1S/C20H21FN2O2/c1-14(15-7-3-2-4-8-15)22-19(24)18-11-6-12-23(18)20(25)16-9-5-10-17(21)13-16/h2-5,7-10,13-14,18H,6,11-12H2,1H3,(H,22,24)/t14-,18-/m1/s1. The maximum Gasteiger partial charge on any atom is 0.254 e. The van der Waals surface area contributed by atoms with E-state index in [1.165, 1.54) is 18.2 Å². The average Bonchev–Trinajstić information content (AvgIpc) is 3.11. The van der Waals surface area contributed by atoms with Crippen LogP contribution in [0.4, 0.5) is 4.39 Å². The largest absolute Gasteiger partial charge is 0.348 e. The van der Waals surface area contributed by atoms with Crippen molar-refractivity contribution >= 4 is 11.8 Å². The number of nitrogens with zero attached hydrogens (tertiary/aromatic N) is 1. The molecule has 0 spiro atoms. The van der Waals surface area contributed by atoms with Crippen molar-refractivity contribution in [2.45, 2.75) is 31.8 Å². The second kappa shape index (κ2) is 7.47. The van der Waals surface area contributed by atoms with E-state index >= 15 is 0 Å². The van der Waals surface area contributed by atoms with Crippen molar-refractivity contribution in [2.75, 3.05) is 6.54 Å². The van der Waals surface area contributed by atoms with Crippen LogP contribution < -0.4 is 5.32 Å². The van der Waals surface area contributed by atoms with Crippen LogP contribution in [-0.2, 0) is 4.79 Å². The van der Waals surface area contributed by atoms with Crippen LogP contribution in [0.1, 0.15) is 41.7 Å². The Bertz CT molecular complexity index is 763. The fraction of sp³-hybridized carbons (Fsp3) is 0.300. The van der Waals surface area contributed by atoms with Crippen LogP contribution in [0.5, 0.6) is 0 Å². The number of halogens is 1. The van der Waals surface area contributed by atoms with Gasteiger partial charge < -0.3 is 10.2 Å². The van der Waals surface area contributed by atoms with Crippen molar-refractivity contribution in [3.05, 3.63) is 71.5 Å². The molecule has 25 heavy (non-hydrogen) atoms. The predicted octanol–water partition coefficient (Wildman–Crippen LogP) is 3.31. The molecule has 2 amide bonds. The molecule has 1 fully saturated rings. The molecule has 0 saturated carbocycles. The maximum atomic E-state index is 13.4. The van der Waals surface area contributed by atoms with Crippen molar-refractivity contribution in [1.82, 2.24) is 10.2 Å². The van der Waals surface area contributed by atoms with Crippen molar-refractivity contribution < 1.29 is 14.0 Å². The van der Waals surface area contributed by atoms with E-state index in [4.69, 9.17) is 0 Å². The lowest BCUT2D eigenvalue weighted by atomic mass is 10.1. The number of likely N-dealkylation sites (tertiary alicyclic amines) is 1. The highest BCUT2D eigenvalue weighted by molar-refractivity contribution is 5.98. The van der Waals surface area contributed by atoms with Gasteiger partial charge in [-0.05, 0) is 43.5 Å². The minimum atomic E-state index is -0.512. The lowest BCUT2D eigenvalue weighted by molar-refractivity contribution is -0.125. The van der Waals surface area contributed by atoms with Crippen LogP contribution in [0.25, 0.3) is 0 Å². The SMILES string of the molecule is C[C@@H](NC(=O)[C@H]1CCCN1C(=O)c1cccc(F)c1)c1ccccc1. The molecule has 0 radical (unpaired) electrons. The maximum absolute atomic E-state index is 13.4. The first-order valence-electron chi connectivity index (χ1n) is 8.48. The number of hydrogen-bond acceptors (Lipinski definition) is 2. The van der Waals surface area contributed by atoms with Gasteiger partial charge in [-0.25, -0.2) is 4.39 Å². The Kier molecular flexibility index (Phi) is 5.12. The zero-order valence-electron chi connectivity index (χ0n) is 14.1. The monoisotopic (exact) mass is 340 g/mol. The molecule has 1 heterocycles. The van der Waals surface area contributed by atoms with E-state index in [1.54, 1.807) is 11.0 Å². The molecule has 0 unspecified atom stereocenters. The summed E-state index contributed by atoms with van der Waals surface area (Å²) in [5.74, 6) is -0.924. The molecule has 1 N–H and O–H groups in total. The van der Waals surface area contributed by atoms with E-state index in [-0.39, 0.29) is 23.4 Å². The van der Waals surface area contributed by atoms with Gasteiger partial charge in [0.15, 0.2) is 0 Å². The van der Waals surface area contributed by atoms with Crippen LogP contribution in [0.2, 0.25) is 0 Å². The van der Waals surface area contributed by atoms with E-state index in [1.807, 2.05) is 37.3 Å². The number of carbonyl (C=O) groups excluding carboxylic acids is 2. The second-order valence-electron chi connectivity index (χ2n) is 6.31. The van der Waals surface area contributed by atoms with Gasteiger partial charge in [0.05, 0.1) is 6.04 Å². The van der Waals surface area contributed by atoms with E-state index in [2.05, 4.69) is 5.32 Å². The average molecular weight is 340 g/mol. The zero-order chi connectivity index (χ0) is 17.8. The Morgan fingerprint density at radius 1 is 1.16 bits per heavy atom. The molecule has 0 bridgehead atoms. The molecule has 1 saturated heterocycles. The lowest BCUT2D eigenvalue weighted by Crippen LogP contribution is -2.46. The van der Waals surface area contributed by atoms with Gasteiger partial charge >= 0.3 is 0 Å². The number of benzene rings is 2.